The third-order valence-corrected chi connectivity index (χ3v) is 5.10. The van der Waals surface area contributed by atoms with Gasteiger partial charge in [-0.25, -0.2) is 0 Å². The van der Waals surface area contributed by atoms with E-state index >= 15 is 0 Å². The van der Waals surface area contributed by atoms with E-state index in [1.165, 1.54) is 11.8 Å². The van der Waals surface area contributed by atoms with E-state index in [2.05, 4.69) is 10.2 Å². The quantitative estimate of drug-likeness (QED) is 0.552. The molecule has 0 saturated heterocycles. The van der Waals surface area contributed by atoms with Gasteiger partial charge in [0, 0.05) is 26.6 Å². The lowest BCUT2D eigenvalue weighted by Gasteiger charge is -2.22. The van der Waals surface area contributed by atoms with E-state index in [9.17, 15) is 9.59 Å². The van der Waals surface area contributed by atoms with Gasteiger partial charge in [-0.3, -0.25) is 9.59 Å². The summed E-state index contributed by atoms with van der Waals surface area (Å²) in [6.07, 6.45) is 1.69. The molecule has 0 saturated carbocycles. The van der Waals surface area contributed by atoms with Gasteiger partial charge >= 0.3 is 0 Å². The van der Waals surface area contributed by atoms with E-state index in [1.54, 1.807) is 27.9 Å². The number of hydrogen-bond acceptors (Lipinski definition) is 6. The van der Waals surface area contributed by atoms with Crippen molar-refractivity contribution in [2.45, 2.75) is 18.1 Å². The first-order valence-electron chi connectivity index (χ1n) is 8.70. The Labute approximate surface area is 166 Å². The highest BCUT2D eigenvalue weighted by molar-refractivity contribution is 7.99. The van der Waals surface area contributed by atoms with Gasteiger partial charge in [0.15, 0.2) is 16.7 Å². The highest BCUT2D eigenvalue weighted by Gasteiger charge is 2.18. The summed E-state index contributed by atoms with van der Waals surface area (Å²) in [7, 11) is 1.82. The Balaban J connectivity index is 1.65. The SMILES string of the molecule is Cn1c(SCC(=O)N(CCC(N)=O)Cc2ccccc2)nnc1-c1ccco1. The van der Waals surface area contributed by atoms with Gasteiger partial charge in [0.05, 0.1) is 12.0 Å². The van der Waals surface area contributed by atoms with Crippen molar-refractivity contribution in [2.24, 2.45) is 12.8 Å². The van der Waals surface area contributed by atoms with Crippen molar-refractivity contribution >= 4 is 23.6 Å². The van der Waals surface area contributed by atoms with Crippen LogP contribution in [0, 0.1) is 0 Å². The third-order valence-electron chi connectivity index (χ3n) is 4.10. The molecular weight excluding hydrogens is 378 g/mol. The van der Waals surface area contributed by atoms with Crippen molar-refractivity contribution in [3.8, 4) is 11.6 Å². The number of aromatic nitrogens is 3. The molecule has 3 rings (SSSR count). The largest absolute Gasteiger partial charge is 0.461 e. The van der Waals surface area contributed by atoms with E-state index in [4.69, 9.17) is 10.2 Å². The summed E-state index contributed by atoms with van der Waals surface area (Å²) in [5.74, 6) is 0.845. The second-order valence-corrected chi connectivity index (χ2v) is 7.09. The summed E-state index contributed by atoms with van der Waals surface area (Å²) in [5.41, 5.74) is 6.25. The number of amides is 2. The molecule has 0 bridgehead atoms. The van der Waals surface area contributed by atoms with Gasteiger partial charge in [-0.15, -0.1) is 10.2 Å². The van der Waals surface area contributed by atoms with E-state index in [1.807, 2.05) is 37.4 Å². The predicted molar refractivity (Wildman–Crippen MR) is 105 cm³/mol. The zero-order valence-corrected chi connectivity index (χ0v) is 16.3. The van der Waals surface area contributed by atoms with E-state index < -0.39 is 5.91 Å². The van der Waals surface area contributed by atoms with Crippen LogP contribution < -0.4 is 5.73 Å². The van der Waals surface area contributed by atoms with Gasteiger partial charge in [0.1, 0.15) is 0 Å². The molecule has 0 spiro atoms. The van der Waals surface area contributed by atoms with Crippen LogP contribution in [0.3, 0.4) is 0 Å². The molecule has 0 atom stereocenters. The molecule has 28 heavy (non-hydrogen) atoms. The average molecular weight is 399 g/mol. The molecule has 0 aliphatic heterocycles. The number of nitrogens with zero attached hydrogens (tertiary/aromatic N) is 4. The Morgan fingerprint density at radius 1 is 1.18 bits per heavy atom. The van der Waals surface area contributed by atoms with Gasteiger partial charge in [-0.05, 0) is 17.7 Å². The van der Waals surface area contributed by atoms with Gasteiger partial charge in [0.2, 0.25) is 11.8 Å². The molecule has 8 nitrogen and oxygen atoms in total. The molecule has 0 aliphatic rings. The Morgan fingerprint density at radius 2 is 1.96 bits per heavy atom. The fourth-order valence-electron chi connectivity index (χ4n) is 2.62. The van der Waals surface area contributed by atoms with Crippen LogP contribution >= 0.6 is 11.8 Å². The van der Waals surface area contributed by atoms with E-state index in [0.29, 0.717) is 23.3 Å². The number of hydrogen-bond donors (Lipinski definition) is 1. The van der Waals surface area contributed by atoms with Gasteiger partial charge in [0.25, 0.3) is 0 Å². The molecule has 2 aromatic heterocycles. The molecule has 3 aromatic rings. The van der Waals surface area contributed by atoms with Crippen molar-refractivity contribution < 1.29 is 14.0 Å². The number of carbonyl (C=O) groups is 2. The van der Waals surface area contributed by atoms with Crippen LogP contribution in [0.1, 0.15) is 12.0 Å². The summed E-state index contributed by atoms with van der Waals surface area (Å²) in [4.78, 5) is 25.6. The molecule has 146 valence electrons. The fourth-order valence-corrected chi connectivity index (χ4v) is 3.43. The summed E-state index contributed by atoms with van der Waals surface area (Å²) >= 11 is 1.29. The van der Waals surface area contributed by atoms with Gasteiger partial charge < -0.3 is 19.6 Å². The van der Waals surface area contributed by atoms with Crippen LogP contribution in [-0.4, -0.2) is 43.8 Å². The first kappa shape index (κ1) is 19.7. The van der Waals surface area contributed by atoms with Crippen LogP contribution in [0.2, 0.25) is 0 Å². The minimum absolute atomic E-state index is 0.0994. The molecule has 2 heterocycles. The number of primary amides is 1. The van der Waals surface area contributed by atoms with Crippen LogP contribution in [0.25, 0.3) is 11.6 Å². The van der Waals surface area contributed by atoms with Crippen LogP contribution in [0.5, 0.6) is 0 Å². The molecule has 2 amide bonds. The number of thioether (sulfide) groups is 1. The maximum absolute atomic E-state index is 12.8. The van der Waals surface area contributed by atoms with Crippen LogP contribution in [0.4, 0.5) is 0 Å². The third kappa shape index (κ3) is 5.01. The molecule has 0 aliphatic carbocycles. The monoisotopic (exact) mass is 399 g/mol. The molecule has 0 fully saturated rings. The maximum atomic E-state index is 12.8. The molecule has 9 heteroatoms. The lowest BCUT2D eigenvalue weighted by molar-refractivity contribution is -0.129. The summed E-state index contributed by atoms with van der Waals surface area (Å²) < 4.78 is 7.13. The zero-order valence-electron chi connectivity index (χ0n) is 15.4. The normalized spacial score (nSPS) is 10.8. The van der Waals surface area contributed by atoms with Gasteiger partial charge in [-0.1, -0.05) is 42.1 Å². The second-order valence-electron chi connectivity index (χ2n) is 6.15. The second kappa shape index (κ2) is 9.23. The molecule has 1 aromatic carbocycles. The zero-order chi connectivity index (χ0) is 19.9. The maximum Gasteiger partial charge on any atom is 0.233 e. The lowest BCUT2D eigenvalue weighted by Crippen LogP contribution is -2.34. The Morgan fingerprint density at radius 3 is 2.64 bits per heavy atom. The van der Waals surface area contributed by atoms with E-state index in [-0.39, 0.29) is 24.6 Å². The minimum Gasteiger partial charge on any atom is -0.461 e. The predicted octanol–water partition coefficient (Wildman–Crippen LogP) is 2.07. The molecule has 0 unspecified atom stereocenters. The van der Waals surface area contributed by atoms with E-state index in [0.717, 1.165) is 5.56 Å². The highest BCUT2D eigenvalue weighted by atomic mass is 32.2. The Kier molecular flexibility index (Phi) is 6.49. The molecular formula is C19H21N5O3S. The van der Waals surface area contributed by atoms with Crippen LogP contribution in [-0.2, 0) is 23.2 Å². The van der Waals surface area contributed by atoms with Crippen molar-refractivity contribution in [2.75, 3.05) is 12.3 Å². The number of carbonyl (C=O) groups excluding carboxylic acids is 2. The first-order chi connectivity index (χ1) is 13.5. The van der Waals surface area contributed by atoms with Crippen molar-refractivity contribution in [1.29, 1.82) is 0 Å². The van der Waals surface area contributed by atoms with Crippen molar-refractivity contribution in [1.82, 2.24) is 19.7 Å². The van der Waals surface area contributed by atoms with Crippen molar-refractivity contribution in [3.63, 3.8) is 0 Å². The summed E-state index contributed by atoms with van der Waals surface area (Å²) in [6.45, 7) is 0.698. The smallest absolute Gasteiger partial charge is 0.233 e. The number of nitrogens with two attached hydrogens (primary N) is 1. The standard InChI is InChI=1S/C19H21N5O3S/c1-23-18(15-8-5-11-27-15)21-22-19(23)28-13-17(26)24(10-9-16(20)25)12-14-6-3-2-4-7-14/h2-8,11H,9-10,12-13H2,1H3,(H2,20,25). The molecule has 2 N–H and O–H groups in total. The summed E-state index contributed by atoms with van der Waals surface area (Å²) in [6, 6.07) is 13.2. The fraction of sp³-hybridized carbons (Fsp3) is 0.263. The lowest BCUT2D eigenvalue weighted by atomic mass is 10.2. The summed E-state index contributed by atoms with van der Waals surface area (Å²) in [5, 5.41) is 8.86. The minimum atomic E-state index is -0.435. The van der Waals surface area contributed by atoms with Gasteiger partial charge in [-0.2, -0.15) is 0 Å². The number of furan rings is 1. The van der Waals surface area contributed by atoms with Crippen LogP contribution in [0.15, 0.2) is 58.3 Å². The number of benzene rings is 1. The first-order valence-corrected chi connectivity index (χ1v) is 9.69. The Hall–Kier alpha value is -3.07. The molecule has 0 radical (unpaired) electrons. The average Bonchev–Trinajstić information content (AvgIpc) is 3.33. The number of rotatable bonds is 9. The Bertz CT molecular complexity index is 924. The topological polar surface area (TPSA) is 107 Å². The highest BCUT2D eigenvalue weighted by Crippen LogP contribution is 2.23. The van der Waals surface area contributed by atoms with Crippen molar-refractivity contribution in [3.05, 3.63) is 54.3 Å².